The molecule has 8 heteroatoms. The van der Waals surface area contributed by atoms with Crippen molar-refractivity contribution in [1.82, 2.24) is 14.7 Å². The number of rotatable bonds is 6. The van der Waals surface area contributed by atoms with Crippen LogP contribution in [0.1, 0.15) is 26.2 Å². The normalized spacial score (nSPS) is 22.6. The first kappa shape index (κ1) is 22.1. The molecule has 2 heterocycles. The molecule has 0 radical (unpaired) electrons. The van der Waals surface area contributed by atoms with Crippen molar-refractivity contribution in [2.75, 3.05) is 51.1 Å². The molecule has 2 N–H and O–H groups in total. The van der Waals surface area contributed by atoms with Gasteiger partial charge in [-0.25, -0.2) is 4.79 Å². The van der Waals surface area contributed by atoms with E-state index < -0.39 is 5.97 Å². The summed E-state index contributed by atoms with van der Waals surface area (Å²) in [4.78, 5) is 41.5. The monoisotopic (exact) mass is 416 g/mol. The first-order valence-corrected chi connectivity index (χ1v) is 10.7. The van der Waals surface area contributed by atoms with E-state index in [1.807, 2.05) is 40.1 Å². The van der Waals surface area contributed by atoms with Gasteiger partial charge in [0.15, 0.2) is 0 Å². The molecule has 164 valence electrons. The van der Waals surface area contributed by atoms with Crippen LogP contribution in [0.4, 0.5) is 10.5 Å². The summed E-state index contributed by atoms with van der Waals surface area (Å²) in [5, 5.41) is 12.2. The highest BCUT2D eigenvalue weighted by Gasteiger charge is 2.33. The number of aliphatic carboxylic acids is 1. The quantitative estimate of drug-likeness (QED) is 0.742. The second-order valence-corrected chi connectivity index (χ2v) is 8.29. The fraction of sp³-hybridized carbons (Fsp3) is 0.591. The molecule has 2 fully saturated rings. The smallest absolute Gasteiger partial charge is 0.321 e. The average molecular weight is 417 g/mol. The zero-order valence-electron chi connectivity index (χ0n) is 17.6. The summed E-state index contributed by atoms with van der Waals surface area (Å²) in [5.74, 6) is -0.422. The Morgan fingerprint density at radius 2 is 1.70 bits per heavy atom. The van der Waals surface area contributed by atoms with Crippen molar-refractivity contribution in [2.24, 2.45) is 11.8 Å². The number of carboxylic acids is 1. The molecule has 0 bridgehead atoms. The number of carboxylic acid groups (broad SMARTS) is 1. The number of nitrogens with zero attached hydrogens (tertiary/aromatic N) is 3. The van der Waals surface area contributed by atoms with Gasteiger partial charge >= 0.3 is 12.0 Å². The number of urea groups is 1. The average Bonchev–Trinajstić information content (AvgIpc) is 2.73. The molecule has 2 unspecified atom stereocenters. The summed E-state index contributed by atoms with van der Waals surface area (Å²) >= 11 is 0. The number of carbonyl (C=O) groups excluding carboxylic acids is 2. The molecule has 2 saturated heterocycles. The molecule has 3 rings (SSSR count). The van der Waals surface area contributed by atoms with Gasteiger partial charge in [0.05, 0.1) is 0 Å². The minimum absolute atomic E-state index is 0.0850. The molecule has 1 aromatic rings. The van der Waals surface area contributed by atoms with Crippen LogP contribution in [-0.4, -0.2) is 83.5 Å². The minimum Gasteiger partial charge on any atom is -0.481 e. The third-order valence-electron chi connectivity index (χ3n) is 6.27. The van der Waals surface area contributed by atoms with Gasteiger partial charge in [-0.1, -0.05) is 18.2 Å². The number of para-hydroxylation sites is 1. The molecule has 8 nitrogen and oxygen atoms in total. The third-order valence-corrected chi connectivity index (χ3v) is 6.27. The summed E-state index contributed by atoms with van der Waals surface area (Å²) in [6.07, 6.45) is 1.71. The maximum atomic E-state index is 12.7. The Morgan fingerprint density at radius 1 is 1.00 bits per heavy atom. The van der Waals surface area contributed by atoms with E-state index in [0.29, 0.717) is 19.5 Å². The second-order valence-electron chi connectivity index (χ2n) is 8.29. The van der Waals surface area contributed by atoms with E-state index in [1.165, 1.54) is 0 Å². The molecule has 2 aliphatic heterocycles. The molecule has 2 aliphatic rings. The fourth-order valence-electron chi connectivity index (χ4n) is 4.44. The van der Waals surface area contributed by atoms with E-state index in [9.17, 15) is 19.5 Å². The number of carbonyl (C=O) groups is 3. The fourth-order valence-corrected chi connectivity index (χ4v) is 4.44. The van der Waals surface area contributed by atoms with Gasteiger partial charge in [0, 0.05) is 58.3 Å². The van der Waals surface area contributed by atoms with Gasteiger partial charge in [-0.05, 0) is 43.4 Å². The first-order valence-electron chi connectivity index (χ1n) is 10.7. The zero-order chi connectivity index (χ0) is 21.5. The number of amides is 3. The van der Waals surface area contributed by atoms with Crippen LogP contribution in [0.25, 0.3) is 0 Å². The third kappa shape index (κ3) is 6.19. The van der Waals surface area contributed by atoms with Crippen LogP contribution >= 0.6 is 0 Å². The molecular weight excluding hydrogens is 384 g/mol. The Hall–Kier alpha value is -2.61. The number of piperidine rings is 1. The Labute approximate surface area is 177 Å². The van der Waals surface area contributed by atoms with Crippen molar-refractivity contribution in [2.45, 2.75) is 26.2 Å². The maximum Gasteiger partial charge on any atom is 0.321 e. The number of nitrogens with one attached hydrogen (secondary N) is 1. The van der Waals surface area contributed by atoms with Crippen LogP contribution in [0, 0.1) is 11.8 Å². The molecule has 2 atom stereocenters. The first-order chi connectivity index (χ1) is 14.4. The van der Waals surface area contributed by atoms with E-state index in [-0.39, 0.29) is 30.2 Å². The van der Waals surface area contributed by atoms with Gasteiger partial charge in [-0.15, -0.1) is 0 Å². The summed E-state index contributed by atoms with van der Waals surface area (Å²) < 4.78 is 0. The molecule has 1 aromatic carbocycles. The largest absolute Gasteiger partial charge is 0.481 e. The summed E-state index contributed by atoms with van der Waals surface area (Å²) in [6.45, 7) is 6.77. The van der Waals surface area contributed by atoms with E-state index in [0.717, 1.165) is 44.8 Å². The molecule has 3 amide bonds. The molecule has 0 aromatic heterocycles. The Balaban J connectivity index is 1.55. The van der Waals surface area contributed by atoms with Crippen molar-refractivity contribution < 1.29 is 19.5 Å². The van der Waals surface area contributed by atoms with Crippen molar-refractivity contribution in [1.29, 1.82) is 0 Å². The highest BCUT2D eigenvalue weighted by atomic mass is 16.4. The lowest BCUT2D eigenvalue weighted by atomic mass is 9.81. The Bertz CT molecular complexity index is 734. The minimum atomic E-state index is -0.776. The van der Waals surface area contributed by atoms with Crippen molar-refractivity contribution in [3.8, 4) is 0 Å². The van der Waals surface area contributed by atoms with E-state index in [4.69, 9.17) is 0 Å². The van der Waals surface area contributed by atoms with E-state index in [2.05, 4.69) is 10.2 Å². The molecule has 0 spiro atoms. The van der Waals surface area contributed by atoms with Crippen LogP contribution in [0.5, 0.6) is 0 Å². The van der Waals surface area contributed by atoms with E-state index >= 15 is 0 Å². The lowest BCUT2D eigenvalue weighted by Crippen LogP contribution is -2.50. The van der Waals surface area contributed by atoms with Gasteiger partial charge in [0.2, 0.25) is 5.91 Å². The van der Waals surface area contributed by atoms with Crippen LogP contribution < -0.4 is 5.32 Å². The van der Waals surface area contributed by atoms with Crippen molar-refractivity contribution in [3.63, 3.8) is 0 Å². The number of piperazine rings is 1. The summed E-state index contributed by atoms with van der Waals surface area (Å²) in [5.41, 5.74) is 0.759. The van der Waals surface area contributed by atoms with E-state index in [1.54, 1.807) is 6.92 Å². The second kappa shape index (κ2) is 10.4. The van der Waals surface area contributed by atoms with Crippen molar-refractivity contribution in [3.05, 3.63) is 30.3 Å². The van der Waals surface area contributed by atoms with Gasteiger partial charge in [-0.3, -0.25) is 14.5 Å². The predicted molar refractivity (Wildman–Crippen MR) is 114 cm³/mol. The molecule has 0 saturated carbocycles. The lowest BCUT2D eigenvalue weighted by molar-refractivity contribution is -0.139. The predicted octanol–water partition coefficient (Wildman–Crippen LogP) is 2.19. The SMILES string of the molecule is CC(=O)N1CCN(CCC2CN(C(=O)Nc3ccccc3)CCC2CC(=O)O)CC1. The number of hydrogen-bond donors (Lipinski definition) is 2. The number of likely N-dealkylation sites (tertiary alicyclic amines) is 1. The number of anilines is 1. The molecule has 30 heavy (non-hydrogen) atoms. The van der Waals surface area contributed by atoms with Crippen molar-refractivity contribution >= 4 is 23.6 Å². The van der Waals surface area contributed by atoms with Crippen LogP contribution in [0.2, 0.25) is 0 Å². The zero-order valence-corrected chi connectivity index (χ0v) is 17.6. The molecule has 0 aliphatic carbocycles. The summed E-state index contributed by atoms with van der Waals surface area (Å²) in [7, 11) is 0. The van der Waals surface area contributed by atoms with Gasteiger partial charge in [0.25, 0.3) is 0 Å². The standard InChI is InChI=1S/C22H32N4O4/c1-17(27)25-13-11-24(12-14-25)9-7-19-16-26(10-8-18(19)15-21(28)29)22(30)23-20-5-3-2-4-6-20/h2-6,18-19H,7-16H2,1H3,(H,23,30)(H,28,29). The Kier molecular flexibility index (Phi) is 7.68. The Morgan fingerprint density at radius 3 is 2.33 bits per heavy atom. The van der Waals surface area contributed by atoms with Gasteiger partial charge in [0.1, 0.15) is 0 Å². The topological polar surface area (TPSA) is 93.2 Å². The van der Waals surface area contributed by atoms with Crippen LogP contribution in [0.3, 0.4) is 0 Å². The van der Waals surface area contributed by atoms with Crippen LogP contribution in [0.15, 0.2) is 30.3 Å². The highest BCUT2D eigenvalue weighted by Crippen LogP contribution is 2.30. The number of benzene rings is 1. The van der Waals surface area contributed by atoms with Crippen LogP contribution in [-0.2, 0) is 9.59 Å². The highest BCUT2D eigenvalue weighted by molar-refractivity contribution is 5.89. The maximum absolute atomic E-state index is 12.7. The lowest BCUT2D eigenvalue weighted by Gasteiger charge is -2.40. The molecular formula is C22H32N4O4. The van der Waals surface area contributed by atoms with Gasteiger partial charge < -0.3 is 20.2 Å². The van der Waals surface area contributed by atoms with Gasteiger partial charge in [-0.2, -0.15) is 0 Å². The number of hydrogen-bond acceptors (Lipinski definition) is 4. The summed E-state index contributed by atoms with van der Waals surface area (Å²) in [6, 6.07) is 9.24.